The van der Waals surface area contributed by atoms with Crippen LogP contribution in [0.2, 0.25) is 0 Å². The molecule has 0 aliphatic carbocycles. The van der Waals surface area contributed by atoms with Crippen molar-refractivity contribution >= 4 is 17.3 Å². The fourth-order valence-corrected chi connectivity index (χ4v) is 2.36. The number of hydrogen-bond donors (Lipinski definition) is 1. The molecule has 0 aliphatic rings. The minimum Gasteiger partial charge on any atom is -0.372 e. The Hall–Kier alpha value is -3.09. The van der Waals surface area contributed by atoms with Crippen LogP contribution in [-0.2, 0) is 0 Å². The van der Waals surface area contributed by atoms with Gasteiger partial charge in [0.05, 0.1) is 5.69 Å². The zero-order chi connectivity index (χ0) is 16.8. The van der Waals surface area contributed by atoms with E-state index in [1.54, 1.807) is 12.4 Å². The van der Waals surface area contributed by atoms with Crippen molar-refractivity contribution in [1.82, 2.24) is 20.2 Å². The molecule has 0 fully saturated rings. The molecule has 1 N–H and O–H groups in total. The van der Waals surface area contributed by atoms with Gasteiger partial charge in [-0.3, -0.25) is 10.1 Å². The Morgan fingerprint density at radius 1 is 0.958 bits per heavy atom. The molecule has 0 saturated carbocycles. The lowest BCUT2D eigenvalue weighted by atomic mass is 10.2. The van der Waals surface area contributed by atoms with Gasteiger partial charge in [0, 0.05) is 36.7 Å². The maximum Gasteiger partial charge on any atom is 0.287 e. The summed E-state index contributed by atoms with van der Waals surface area (Å²) in [7, 11) is 0. The average molecular weight is 321 g/mol. The molecule has 0 saturated heterocycles. The molecule has 24 heavy (non-hydrogen) atoms. The Bertz CT molecular complexity index is 789. The van der Waals surface area contributed by atoms with Crippen molar-refractivity contribution in [3.8, 4) is 11.4 Å². The van der Waals surface area contributed by atoms with E-state index in [0.717, 1.165) is 24.3 Å². The van der Waals surface area contributed by atoms with Crippen molar-refractivity contribution in [3.63, 3.8) is 0 Å². The summed E-state index contributed by atoms with van der Waals surface area (Å²) in [4.78, 5) is 10.6. The van der Waals surface area contributed by atoms with Crippen LogP contribution in [0.25, 0.3) is 11.4 Å². The van der Waals surface area contributed by atoms with Crippen molar-refractivity contribution in [3.05, 3.63) is 48.8 Å². The first-order valence-corrected chi connectivity index (χ1v) is 7.89. The summed E-state index contributed by atoms with van der Waals surface area (Å²) >= 11 is 0. The lowest BCUT2D eigenvalue weighted by Crippen LogP contribution is -2.21. The number of H-pyrrole nitrogens is 1. The number of azo groups is 1. The smallest absolute Gasteiger partial charge is 0.287 e. The normalized spacial score (nSPS) is 11.1. The fraction of sp³-hybridized carbons (Fsp3) is 0.235. The van der Waals surface area contributed by atoms with Gasteiger partial charge < -0.3 is 4.90 Å². The lowest BCUT2D eigenvalue weighted by molar-refractivity contribution is 0.866. The molecule has 3 rings (SSSR count). The van der Waals surface area contributed by atoms with Crippen molar-refractivity contribution in [2.24, 2.45) is 10.2 Å². The molecule has 2 aromatic heterocycles. The molecular weight excluding hydrogens is 302 g/mol. The molecule has 0 aliphatic heterocycles. The highest BCUT2D eigenvalue weighted by molar-refractivity contribution is 5.54. The highest BCUT2D eigenvalue weighted by Crippen LogP contribution is 2.22. The van der Waals surface area contributed by atoms with Crippen molar-refractivity contribution in [1.29, 1.82) is 0 Å². The fourth-order valence-electron chi connectivity index (χ4n) is 2.36. The predicted molar refractivity (Wildman–Crippen MR) is 93.8 cm³/mol. The molecule has 0 unspecified atom stereocenters. The molecule has 0 radical (unpaired) electrons. The third-order valence-electron chi connectivity index (χ3n) is 3.66. The zero-order valence-electron chi connectivity index (χ0n) is 13.7. The van der Waals surface area contributed by atoms with Gasteiger partial charge in [0.15, 0.2) is 5.82 Å². The van der Waals surface area contributed by atoms with Gasteiger partial charge in [-0.2, -0.15) is 4.98 Å². The highest BCUT2D eigenvalue weighted by atomic mass is 15.3. The first kappa shape index (κ1) is 15.8. The molecular formula is C17H19N7. The Labute approximate surface area is 140 Å². The molecule has 7 nitrogen and oxygen atoms in total. The first-order chi connectivity index (χ1) is 11.8. The third-order valence-corrected chi connectivity index (χ3v) is 3.66. The van der Waals surface area contributed by atoms with Gasteiger partial charge in [-0.15, -0.1) is 15.3 Å². The van der Waals surface area contributed by atoms with E-state index in [9.17, 15) is 0 Å². The van der Waals surface area contributed by atoms with E-state index in [1.165, 1.54) is 5.69 Å². The molecule has 122 valence electrons. The zero-order valence-corrected chi connectivity index (χ0v) is 13.7. The van der Waals surface area contributed by atoms with E-state index < -0.39 is 0 Å². The number of aromatic nitrogens is 4. The van der Waals surface area contributed by atoms with Gasteiger partial charge in [0.25, 0.3) is 5.95 Å². The summed E-state index contributed by atoms with van der Waals surface area (Å²) in [5.74, 6) is 0.942. The second-order valence-electron chi connectivity index (χ2n) is 5.11. The van der Waals surface area contributed by atoms with Crippen LogP contribution in [0.3, 0.4) is 0 Å². The van der Waals surface area contributed by atoms with Gasteiger partial charge in [-0.05, 0) is 50.2 Å². The Kier molecular flexibility index (Phi) is 4.90. The SMILES string of the molecule is CCN(CC)c1ccc(N=Nc2n[nH]c(-c3ccncc3)n2)cc1. The van der Waals surface area contributed by atoms with E-state index in [4.69, 9.17) is 0 Å². The quantitative estimate of drug-likeness (QED) is 0.692. The molecule has 0 bridgehead atoms. The van der Waals surface area contributed by atoms with Gasteiger partial charge in [-0.25, -0.2) is 0 Å². The van der Waals surface area contributed by atoms with Crippen LogP contribution in [0.1, 0.15) is 13.8 Å². The highest BCUT2D eigenvalue weighted by Gasteiger charge is 2.04. The number of anilines is 1. The summed E-state index contributed by atoms with van der Waals surface area (Å²) in [5.41, 5.74) is 2.85. The molecule has 7 heteroatoms. The molecule has 1 aromatic carbocycles. The Balaban J connectivity index is 1.71. The lowest BCUT2D eigenvalue weighted by Gasteiger charge is -2.20. The van der Waals surface area contributed by atoms with Crippen molar-refractivity contribution in [2.45, 2.75) is 13.8 Å². The maximum absolute atomic E-state index is 4.30. The molecule has 0 spiro atoms. The van der Waals surface area contributed by atoms with Crippen LogP contribution >= 0.6 is 0 Å². The second-order valence-corrected chi connectivity index (χ2v) is 5.11. The number of benzene rings is 1. The largest absolute Gasteiger partial charge is 0.372 e. The van der Waals surface area contributed by atoms with Gasteiger partial charge in [0.1, 0.15) is 0 Å². The topological polar surface area (TPSA) is 82.4 Å². The molecule has 2 heterocycles. The minimum atomic E-state index is 0.301. The standard InChI is InChI=1S/C17H19N7/c1-3-24(4-2)15-7-5-14(6-8-15)20-22-17-19-16(21-23-17)13-9-11-18-12-10-13/h5-12H,3-4H2,1-2H3,(H,19,21,23). The number of pyridine rings is 1. The number of rotatable bonds is 6. The number of hydrogen-bond acceptors (Lipinski definition) is 6. The van der Waals surface area contributed by atoms with E-state index in [0.29, 0.717) is 11.8 Å². The summed E-state index contributed by atoms with van der Waals surface area (Å²) in [6.07, 6.45) is 3.41. The first-order valence-electron chi connectivity index (χ1n) is 7.89. The monoisotopic (exact) mass is 321 g/mol. The minimum absolute atomic E-state index is 0.301. The third kappa shape index (κ3) is 3.62. The Morgan fingerprint density at radius 2 is 1.67 bits per heavy atom. The molecule has 0 atom stereocenters. The van der Waals surface area contributed by atoms with Crippen LogP contribution in [0.4, 0.5) is 17.3 Å². The predicted octanol–water partition coefficient (Wildman–Crippen LogP) is 4.13. The van der Waals surface area contributed by atoms with Crippen LogP contribution in [0, 0.1) is 0 Å². The van der Waals surface area contributed by atoms with Crippen molar-refractivity contribution < 1.29 is 0 Å². The van der Waals surface area contributed by atoms with Crippen LogP contribution in [0.5, 0.6) is 0 Å². The number of nitrogens with zero attached hydrogens (tertiary/aromatic N) is 6. The van der Waals surface area contributed by atoms with Crippen LogP contribution in [-0.4, -0.2) is 33.3 Å². The number of nitrogens with one attached hydrogen (secondary N) is 1. The Morgan fingerprint density at radius 3 is 2.33 bits per heavy atom. The van der Waals surface area contributed by atoms with E-state index in [2.05, 4.69) is 49.1 Å². The van der Waals surface area contributed by atoms with E-state index in [-0.39, 0.29) is 0 Å². The average Bonchev–Trinajstić information content (AvgIpc) is 3.12. The number of aromatic amines is 1. The maximum atomic E-state index is 4.30. The summed E-state index contributed by atoms with van der Waals surface area (Å²) in [6, 6.07) is 11.7. The molecule has 3 aromatic rings. The molecule has 0 amide bonds. The summed E-state index contributed by atoms with van der Waals surface area (Å²) < 4.78 is 0. The summed E-state index contributed by atoms with van der Waals surface area (Å²) in [6.45, 7) is 6.24. The van der Waals surface area contributed by atoms with E-state index in [1.807, 2.05) is 36.4 Å². The van der Waals surface area contributed by atoms with Gasteiger partial charge in [-0.1, -0.05) is 0 Å². The van der Waals surface area contributed by atoms with Crippen LogP contribution < -0.4 is 4.90 Å². The van der Waals surface area contributed by atoms with Crippen molar-refractivity contribution in [2.75, 3.05) is 18.0 Å². The second kappa shape index (κ2) is 7.45. The van der Waals surface area contributed by atoms with Gasteiger partial charge in [0.2, 0.25) is 0 Å². The van der Waals surface area contributed by atoms with Gasteiger partial charge >= 0.3 is 0 Å². The summed E-state index contributed by atoms with van der Waals surface area (Å²) in [5, 5.41) is 15.2. The van der Waals surface area contributed by atoms with Crippen LogP contribution in [0.15, 0.2) is 59.0 Å². The van der Waals surface area contributed by atoms with E-state index >= 15 is 0 Å².